The lowest BCUT2D eigenvalue weighted by Crippen LogP contribution is -2.63. The van der Waals surface area contributed by atoms with Gasteiger partial charge in [0.05, 0.1) is 24.7 Å². The molecule has 0 aromatic carbocycles. The molecule has 0 bridgehead atoms. The largest absolute Gasteiger partial charge is 0.469 e. The lowest BCUT2D eigenvalue weighted by Gasteiger charge is -2.60. The van der Waals surface area contributed by atoms with Crippen molar-refractivity contribution < 1.29 is 28.6 Å². The number of allylic oxidation sites excluding steroid dienone is 1. The normalized spacial score (nSPS) is 38.3. The number of ketones is 1. The Labute approximate surface area is 173 Å². The molecular formula is C23H34O6. The summed E-state index contributed by atoms with van der Waals surface area (Å²) in [6.45, 7) is 9.81. The van der Waals surface area contributed by atoms with Gasteiger partial charge in [0.2, 0.25) is 0 Å². The molecule has 162 valence electrons. The van der Waals surface area contributed by atoms with E-state index in [-0.39, 0.29) is 42.1 Å². The van der Waals surface area contributed by atoms with Gasteiger partial charge in [-0.25, -0.2) is 0 Å². The maximum atomic E-state index is 13.3. The molecule has 3 aliphatic rings. The molecule has 1 saturated heterocycles. The van der Waals surface area contributed by atoms with Crippen molar-refractivity contribution >= 4 is 17.7 Å². The molecule has 1 spiro atoms. The van der Waals surface area contributed by atoms with Crippen LogP contribution in [0.3, 0.4) is 0 Å². The van der Waals surface area contributed by atoms with E-state index in [2.05, 4.69) is 20.8 Å². The number of ether oxygens (including phenoxy) is 3. The van der Waals surface area contributed by atoms with E-state index in [9.17, 15) is 14.4 Å². The van der Waals surface area contributed by atoms with Crippen LogP contribution < -0.4 is 0 Å². The number of hydrogen-bond donors (Lipinski definition) is 0. The monoisotopic (exact) mass is 406 g/mol. The van der Waals surface area contributed by atoms with Crippen LogP contribution in [0.4, 0.5) is 0 Å². The van der Waals surface area contributed by atoms with Gasteiger partial charge in [0.1, 0.15) is 6.61 Å². The van der Waals surface area contributed by atoms with Gasteiger partial charge in [-0.05, 0) is 44.1 Å². The fourth-order valence-electron chi connectivity index (χ4n) is 6.37. The highest BCUT2D eigenvalue weighted by atomic mass is 16.6. The Morgan fingerprint density at radius 2 is 1.83 bits per heavy atom. The van der Waals surface area contributed by atoms with Crippen LogP contribution in [0.5, 0.6) is 0 Å². The van der Waals surface area contributed by atoms with Gasteiger partial charge < -0.3 is 14.2 Å². The van der Waals surface area contributed by atoms with Crippen molar-refractivity contribution in [3.63, 3.8) is 0 Å². The SMILES string of the molecule is COC(=O)CC1(C)CCC2(O1)C(COC(C)=O)=CC(=O)C1C(C)(C)CCCC12C. The number of fused-ring (bicyclic) bond motifs is 2. The van der Waals surface area contributed by atoms with Crippen LogP contribution in [-0.2, 0) is 28.6 Å². The number of rotatable bonds is 4. The molecule has 4 atom stereocenters. The molecule has 0 radical (unpaired) electrons. The molecule has 0 aromatic rings. The van der Waals surface area contributed by atoms with Gasteiger partial charge in [-0.1, -0.05) is 27.2 Å². The summed E-state index contributed by atoms with van der Waals surface area (Å²) in [4.78, 5) is 36.8. The first-order chi connectivity index (χ1) is 13.4. The van der Waals surface area contributed by atoms with Crippen molar-refractivity contribution in [2.75, 3.05) is 13.7 Å². The van der Waals surface area contributed by atoms with Gasteiger partial charge in [0.15, 0.2) is 5.78 Å². The van der Waals surface area contributed by atoms with Crippen molar-refractivity contribution in [3.05, 3.63) is 11.6 Å². The fourth-order valence-corrected chi connectivity index (χ4v) is 6.37. The molecule has 6 nitrogen and oxygen atoms in total. The van der Waals surface area contributed by atoms with E-state index in [1.165, 1.54) is 14.0 Å². The molecule has 1 saturated carbocycles. The first kappa shape index (κ1) is 22.0. The standard InChI is InChI=1S/C23H34O6/c1-15(24)28-14-16-12-17(25)19-20(2,3)8-7-9-22(19,5)23(16)11-10-21(4,29-23)13-18(26)27-6/h12,19H,7-11,13-14H2,1-6H3. The quantitative estimate of drug-likeness (QED) is 0.662. The summed E-state index contributed by atoms with van der Waals surface area (Å²) in [6, 6.07) is 0. The smallest absolute Gasteiger partial charge is 0.308 e. The third kappa shape index (κ3) is 3.54. The molecule has 0 amide bonds. The molecule has 2 aliphatic carbocycles. The minimum Gasteiger partial charge on any atom is -0.469 e. The molecule has 29 heavy (non-hydrogen) atoms. The van der Waals surface area contributed by atoms with Crippen molar-refractivity contribution in [1.29, 1.82) is 0 Å². The van der Waals surface area contributed by atoms with Gasteiger partial charge in [0.25, 0.3) is 0 Å². The molecule has 2 fully saturated rings. The third-order valence-corrected chi connectivity index (χ3v) is 7.58. The molecule has 0 N–H and O–H groups in total. The van der Waals surface area contributed by atoms with Crippen LogP contribution in [0.15, 0.2) is 11.6 Å². The van der Waals surface area contributed by atoms with E-state index in [0.29, 0.717) is 12.8 Å². The Bertz CT molecular complexity index is 752. The van der Waals surface area contributed by atoms with E-state index in [4.69, 9.17) is 14.2 Å². The topological polar surface area (TPSA) is 78.9 Å². The summed E-state index contributed by atoms with van der Waals surface area (Å²) < 4.78 is 17.0. The van der Waals surface area contributed by atoms with Gasteiger partial charge in [-0.3, -0.25) is 14.4 Å². The Morgan fingerprint density at radius 1 is 1.14 bits per heavy atom. The molecule has 3 rings (SSSR count). The zero-order chi connectivity index (χ0) is 21.7. The molecular weight excluding hydrogens is 372 g/mol. The highest BCUT2D eigenvalue weighted by Gasteiger charge is 2.67. The predicted octanol–water partition coefficient (Wildman–Crippen LogP) is 3.76. The Kier molecular flexibility index (Phi) is 5.48. The van der Waals surface area contributed by atoms with Crippen LogP contribution >= 0.6 is 0 Å². The third-order valence-electron chi connectivity index (χ3n) is 7.58. The minimum atomic E-state index is -0.735. The van der Waals surface area contributed by atoms with E-state index in [1.54, 1.807) is 6.08 Å². The second-order valence-electron chi connectivity index (χ2n) is 10.2. The van der Waals surface area contributed by atoms with Gasteiger partial charge >= 0.3 is 11.9 Å². The summed E-state index contributed by atoms with van der Waals surface area (Å²) in [7, 11) is 1.38. The van der Waals surface area contributed by atoms with E-state index in [1.807, 2.05) is 6.92 Å². The van der Waals surface area contributed by atoms with Crippen LogP contribution in [0.25, 0.3) is 0 Å². The molecule has 4 unspecified atom stereocenters. The van der Waals surface area contributed by atoms with Crippen LogP contribution in [0.2, 0.25) is 0 Å². The number of carbonyl (C=O) groups is 3. The highest BCUT2D eigenvalue weighted by Crippen LogP contribution is 2.65. The summed E-state index contributed by atoms with van der Waals surface area (Å²) in [5.41, 5.74) is -1.27. The zero-order valence-corrected chi connectivity index (χ0v) is 18.6. The van der Waals surface area contributed by atoms with Gasteiger partial charge in [-0.15, -0.1) is 0 Å². The second-order valence-corrected chi connectivity index (χ2v) is 10.2. The average Bonchev–Trinajstić information content (AvgIpc) is 2.95. The number of carbonyl (C=O) groups excluding carboxylic acids is 3. The summed E-state index contributed by atoms with van der Waals surface area (Å²) in [5.74, 6) is -0.784. The maximum Gasteiger partial charge on any atom is 0.308 e. The summed E-state index contributed by atoms with van der Waals surface area (Å²) in [5, 5.41) is 0. The van der Waals surface area contributed by atoms with Crippen molar-refractivity contribution in [2.45, 2.75) is 84.3 Å². The van der Waals surface area contributed by atoms with Gasteiger partial charge in [-0.2, -0.15) is 0 Å². The van der Waals surface area contributed by atoms with E-state index >= 15 is 0 Å². The Morgan fingerprint density at radius 3 is 2.45 bits per heavy atom. The van der Waals surface area contributed by atoms with Crippen molar-refractivity contribution in [3.8, 4) is 0 Å². The van der Waals surface area contributed by atoms with E-state index < -0.39 is 16.6 Å². The van der Waals surface area contributed by atoms with Crippen LogP contribution in [0.1, 0.15) is 73.1 Å². The maximum absolute atomic E-state index is 13.3. The summed E-state index contributed by atoms with van der Waals surface area (Å²) >= 11 is 0. The lowest BCUT2D eigenvalue weighted by atomic mass is 9.46. The van der Waals surface area contributed by atoms with Crippen molar-refractivity contribution in [2.24, 2.45) is 16.7 Å². The number of hydrogen-bond acceptors (Lipinski definition) is 6. The second kappa shape index (κ2) is 7.22. The predicted molar refractivity (Wildman–Crippen MR) is 107 cm³/mol. The average molecular weight is 407 g/mol. The Hall–Kier alpha value is -1.69. The number of methoxy groups -OCH3 is 1. The van der Waals surface area contributed by atoms with Crippen molar-refractivity contribution in [1.82, 2.24) is 0 Å². The first-order valence-electron chi connectivity index (χ1n) is 10.5. The first-order valence-corrected chi connectivity index (χ1v) is 10.5. The zero-order valence-electron chi connectivity index (χ0n) is 18.6. The summed E-state index contributed by atoms with van der Waals surface area (Å²) in [6.07, 6.45) is 6.03. The van der Waals surface area contributed by atoms with Crippen LogP contribution in [-0.4, -0.2) is 42.6 Å². The molecule has 0 aromatic heterocycles. The molecule has 1 heterocycles. The molecule has 6 heteroatoms. The lowest BCUT2D eigenvalue weighted by molar-refractivity contribution is -0.197. The van der Waals surface area contributed by atoms with E-state index in [0.717, 1.165) is 24.8 Å². The van der Waals surface area contributed by atoms with Crippen LogP contribution in [0, 0.1) is 16.7 Å². The highest BCUT2D eigenvalue weighted by molar-refractivity contribution is 5.95. The molecule has 1 aliphatic heterocycles. The Balaban J connectivity index is 2.09. The fraction of sp³-hybridized carbons (Fsp3) is 0.783. The van der Waals surface area contributed by atoms with Gasteiger partial charge in [0, 0.05) is 23.8 Å². The number of esters is 2. The minimum absolute atomic E-state index is 0.0398.